The first-order valence-corrected chi connectivity index (χ1v) is 20.2. The molecule has 0 saturated carbocycles. The Morgan fingerprint density at radius 2 is 1.19 bits per heavy atom. The molecule has 1 aromatic carbocycles. The minimum Gasteiger partial charge on any atom is -0.492 e. The van der Waals surface area contributed by atoms with Gasteiger partial charge in [0.05, 0.1) is 51.8 Å². The van der Waals surface area contributed by atoms with Gasteiger partial charge in [-0.3, -0.25) is 4.90 Å². The molecule has 0 aliphatic carbocycles. The number of nitrogens with zero attached hydrogens (tertiary/aromatic N) is 2. The highest BCUT2D eigenvalue weighted by atomic mass is 16.6. The molecule has 2 aliphatic rings. The van der Waals surface area contributed by atoms with Gasteiger partial charge in [-0.2, -0.15) is 0 Å². The van der Waals surface area contributed by atoms with E-state index in [1.165, 1.54) is 0 Å². The molecule has 2 heterocycles. The molecule has 11 nitrogen and oxygen atoms in total. The van der Waals surface area contributed by atoms with Crippen LogP contribution in [0.2, 0.25) is 0 Å². The van der Waals surface area contributed by atoms with Crippen molar-refractivity contribution < 1.29 is 33.2 Å². The number of benzene rings is 1. The van der Waals surface area contributed by atoms with Gasteiger partial charge in [0.2, 0.25) is 0 Å². The molecular weight excluding hydrogens is 660 g/mol. The van der Waals surface area contributed by atoms with Gasteiger partial charge >= 0.3 is 6.09 Å². The fourth-order valence-electron chi connectivity index (χ4n) is 5.46. The normalized spacial score (nSPS) is 15.9. The first-order chi connectivity index (χ1) is 25.0. The molecule has 1 aromatic rings. The van der Waals surface area contributed by atoms with E-state index in [0.717, 1.165) is 90.5 Å². The molecule has 1 amide bonds. The van der Waals surface area contributed by atoms with Gasteiger partial charge in [0.25, 0.3) is 0 Å². The van der Waals surface area contributed by atoms with E-state index in [-0.39, 0.29) is 12.2 Å². The van der Waals surface area contributed by atoms with E-state index in [1.54, 1.807) is 4.90 Å². The second-order valence-corrected chi connectivity index (χ2v) is 15.0. The van der Waals surface area contributed by atoms with E-state index in [2.05, 4.69) is 43.2 Å². The summed E-state index contributed by atoms with van der Waals surface area (Å²) in [7, 11) is 0. The summed E-state index contributed by atoms with van der Waals surface area (Å²) in [6.07, 6.45) is 4.28. The third-order valence-electron chi connectivity index (χ3n) is 8.16. The zero-order valence-corrected chi connectivity index (χ0v) is 34.6. The first kappa shape index (κ1) is 48.0. The van der Waals surface area contributed by atoms with Crippen molar-refractivity contribution in [2.45, 2.75) is 106 Å². The lowest BCUT2D eigenvalue weighted by Gasteiger charge is -2.33. The molecular formula is C41H78N4O7. The first-order valence-electron chi connectivity index (χ1n) is 20.2. The van der Waals surface area contributed by atoms with E-state index in [0.29, 0.717) is 64.1 Å². The van der Waals surface area contributed by atoms with Crippen LogP contribution in [0.25, 0.3) is 0 Å². The van der Waals surface area contributed by atoms with Crippen LogP contribution in [0.15, 0.2) is 30.3 Å². The molecule has 11 heteroatoms. The lowest BCUT2D eigenvalue weighted by molar-refractivity contribution is -0.0289. The summed E-state index contributed by atoms with van der Waals surface area (Å²) in [6.45, 7) is 31.7. The van der Waals surface area contributed by atoms with Gasteiger partial charge < -0.3 is 44.0 Å². The standard InChI is InChI=1S/C21H36N2O3.C18H36N2O4.C2H6/c1-19(2)18-22-10-14-24-16-17-26-21-8-11-23(12-9-21)13-15-25-20-6-4-3-5-7-20;1-15(2)14-19-8-11-22-12-13-23-16-6-9-20(10-7-16)17(21)24-18(3,4)5;1-2/h3-7,19,21-22H,8-18H2,1-2H3;15-16,19H,6-14H2,1-5H3;1-2H3. The average molecular weight is 739 g/mol. The molecule has 0 spiro atoms. The summed E-state index contributed by atoms with van der Waals surface area (Å²) in [4.78, 5) is 16.2. The number of carbonyl (C=O) groups is 1. The smallest absolute Gasteiger partial charge is 0.410 e. The van der Waals surface area contributed by atoms with E-state index >= 15 is 0 Å². The molecule has 304 valence electrons. The summed E-state index contributed by atoms with van der Waals surface area (Å²) >= 11 is 0. The number of amides is 1. The number of likely N-dealkylation sites (tertiary alicyclic amines) is 2. The van der Waals surface area contributed by atoms with Crippen molar-refractivity contribution in [3.63, 3.8) is 0 Å². The Hall–Kier alpha value is -1.99. The summed E-state index contributed by atoms with van der Waals surface area (Å²) in [5, 5.41) is 6.72. The zero-order valence-electron chi connectivity index (χ0n) is 34.6. The Bertz CT molecular complexity index is 948. The molecule has 2 N–H and O–H groups in total. The minimum atomic E-state index is -0.439. The molecule has 0 unspecified atom stereocenters. The predicted molar refractivity (Wildman–Crippen MR) is 213 cm³/mol. The molecule has 2 saturated heterocycles. The molecule has 0 bridgehead atoms. The maximum Gasteiger partial charge on any atom is 0.410 e. The van der Waals surface area contributed by atoms with Crippen LogP contribution in [0.3, 0.4) is 0 Å². The van der Waals surface area contributed by atoms with Crippen LogP contribution < -0.4 is 15.4 Å². The Kier molecular flexibility index (Phi) is 28.0. The van der Waals surface area contributed by atoms with E-state index < -0.39 is 5.60 Å². The van der Waals surface area contributed by atoms with Gasteiger partial charge in [-0.1, -0.05) is 59.7 Å². The lowest BCUT2D eigenvalue weighted by atomic mass is 10.1. The second kappa shape index (κ2) is 30.3. The Labute approximate surface area is 318 Å². The predicted octanol–water partition coefficient (Wildman–Crippen LogP) is 6.50. The van der Waals surface area contributed by atoms with E-state index in [1.807, 2.05) is 65.0 Å². The summed E-state index contributed by atoms with van der Waals surface area (Å²) in [5.41, 5.74) is -0.439. The van der Waals surface area contributed by atoms with Crippen molar-refractivity contribution in [1.29, 1.82) is 0 Å². The van der Waals surface area contributed by atoms with Gasteiger partial charge in [-0.15, -0.1) is 0 Å². The third kappa shape index (κ3) is 26.7. The third-order valence-corrected chi connectivity index (χ3v) is 8.16. The summed E-state index contributed by atoms with van der Waals surface area (Å²) < 4.78 is 34.1. The monoisotopic (exact) mass is 739 g/mol. The molecule has 3 rings (SSSR count). The maximum absolute atomic E-state index is 12.0. The number of carbonyl (C=O) groups excluding carboxylic acids is 1. The number of hydrogen-bond acceptors (Lipinski definition) is 10. The van der Waals surface area contributed by atoms with Crippen LogP contribution in [0.4, 0.5) is 4.79 Å². The minimum absolute atomic E-state index is 0.214. The fraction of sp³-hybridized carbons (Fsp3) is 0.829. The average Bonchev–Trinajstić information content (AvgIpc) is 3.12. The van der Waals surface area contributed by atoms with Crippen molar-refractivity contribution in [2.24, 2.45) is 11.8 Å². The van der Waals surface area contributed by atoms with Crippen molar-refractivity contribution >= 4 is 6.09 Å². The highest BCUT2D eigenvalue weighted by Gasteiger charge is 2.27. The largest absolute Gasteiger partial charge is 0.492 e. The highest BCUT2D eigenvalue weighted by Crippen LogP contribution is 2.17. The van der Waals surface area contributed by atoms with Crippen molar-refractivity contribution in [1.82, 2.24) is 20.4 Å². The second-order valence-electron chi connectivity index (χ2n) is 15.0. The van der Waals surface area contributed by atoms with Gasteiger partial charge in [0.15, 0.2) is 0 Å². The van der Waals surface area contributed by atoms with Gasteiger partial charge in [-0.25, -0.2) is 4.79 Å². The number of ether oxygens (including phenoxy) is 6. The van der Waals surface area contributed by atoms with E-state index in [9.17, 15) is 4.79 Å². The quantitative estimate of drug-likeness (QED) is 0.128. The number of para-hydroxylation sites is 1. The van der Waals surface area contributed by atoms with Gasteiger partial charge in [0.1, 0.15) is 18.0 Å². The Balaban J connectivity index is 0.000000498. The van der Waals surface area contributed by atoms with Crippen LogP contribution in [0.5, 0.6) is 5.75 Å². The van der Waals surface area contributed by atoms with E-state index in [4.69, 9.17) is 28.4 Å². The zero-order chi connectivity index (χ0) is 38.5. The fourth-order valence-corrected chi connectivity index (χ4v) is 5.46. The van der Waals surface area contributed by atoms with Crippen molar-refractivity contribution in [3.8, 4) is 5.75 Å². The molecule has 0 atom stereocenters. The highest BCUT2D eigenvalue weighted by molar-refractivity contribution is 5.68. The number of hydrogen-bond donors (Lipinski definition) is 2. The van der Waals surface area contributed by atoms with Crippen LogP contribution in [0.1, 0.15) is 88.0 Å². The van der Waals surface area contributed by atoms with Crippen LogP contribution in [-0.2, 0) is 23.7 Å². The van der Waals surface area contributed by atoms with Crippen molar-refractivity contribution in [2.75, 3.05) is 105 Å². The summed E-state index contributed by atoms with van der Waals surface area (Å²) in [6, 6.07) is 10.0. The number of rotatable bonds is 22. The topological polar surface area (TPSA) is 103 Å². The molecule has 0 radical (unpaired) electrons. The Morgan fingerprint density at radius 1 is 0.712 bits per heavy atom. The van der Waals surface area contributed by atoms with Crippen LogP contribution >= 0.6 is 0 Å². The molecule has 2 fully saturated rings. The molecule has 0 aromatic heterocycles. The number of piperidine rings is 2. The maximum atomic E-state index is 12.0. The van der Waals surface area contributed by atoms with Crippen LogP contribution in [-0.4, -0.2) is 139 Å². The van der Waals surface area contributed by atoms with Gasteiger partial charge in [-0.05, 0) is 83.5 Å². The summed E-state index contributed by atoms with van der Waals surface area (Å²) in [5.74, 6) is 2.30. The number of nitrogens with one attached hydrogen (secondary N) is 2. The molecule has 52 heavy (non-hydrogen) atoms. The Morgan fingerprint density at radius 3 is 1.65 bits per heavy atom. The SMILES string of the molecule is CC.CC(C)CNCCOCCOC1CCN(C(=O)OC(C)(C)C)CC1.CC(C)CNCCOCCOC1CCN(CCOc2ccccc2)CC1. The lowest BCUT2D eigenvalue weighted by Crippen LogP contribution is -2.43. The molecule has 2 aliphatic heterocycles. The van der Waals surface area contributed by atoms with Crippen molar-refractivity contribution in [3.05, 3.63) is 30.3 Å². The van der Waals surface area contributed by atoms with Crippen LogP contribution in [0, 0.1) is 11.8 Å². The van der Waals surface area contributed by atoms with Gasteiger partial charge in [0, 0.05) is 45.8 Å².